The average Bonchev–Trinajstić information content (AvgIpc) is 3.18. The monoisotopic (exact) mass is 285 g/mol. The maximum absolute atomic E-state index is 6.10. The summed E-state index contributed by atoms with van der Waals surface area (Å²) < 4.78 is 5.45. The Morgan fingerprint density at radius 1 is 1.24 bits per heavy atom. The third kappa shape index (κ3) is 2.60. The second-order valence-electron chi connectivity index (χ2n) is 6.01. The van der Waals surface area contributed by atoms with E-state index in [2.05, 4.69) is 41.3 Å². The Morgan fingerprint density at radius 3 is 2.62 bits per heavy atom. The van der Waals surface area contributed by atoms with Gasteiger partial charge >= 0.3 is 0 Å². The smallest absolute Gasteiger partial charge is 0.243 e. The van der Waals surface area contributed by atoms with E-state index < -0.39 is 0 Å². The van der Waals surface area contributed by atoms with Gasteiger partial charge in [0.15, 0.2) is 5.82 Å². The number of hydrogen-bond acceptors (Lipinski definition) is 4. The van der Waals surface area contributed by atoms with Crippen molar-refractivity contribution in [1.82, 2.24) is 10.1 Å². The van der Waals surface area contributed by atoms with E-state index in [9.17, 15) is 0 Å². The molecule has 1 aromatic heterocycles. The fraction of sp³-hybridized carbons (Fsp3) is 0.529. The van der Waals surface area contributed by atoms with Crippen molar-refractivity contribution in [3.63, 3.8) is 0 Å². The molecule has 2 aromatic rings. The predicted octanol–water partition coefficient (Wildman–Crippen LogP) is 3.73. The molecule has 0 amide bonds. The zero-order valence-corrected chi connectivity index (χ0v) is 12.6. The highest BCUT2D eigenvalue weighted by Gasteiger charge is 2.41. The lowest BCUT2D eigenvalue weighted by Crippen LogP contribution is -2.25. The van der Waals surface area contributed by atoms with Crippen LogP contribution < -0.4 is 5.73 Å². The van der Waals surface area contributed by atoms with E-state index in [0.717, 1.165) is 31.5 Å². The van der Waals surface area contributed by atoms with E-state index in [1.165, 1.54) is 18.4 Å². The molecule has 112 valence electrons. The van der Waals surface area contributed by atoms with E-state index in [-0.39, 0.29) is 11.5 Å². The topological polar surface area (TPSA) is 64.9 Å². The van der Waals surface area contributed by atoms with Crippen molar-refractivity contribution in [2.45, 2.75) is 56.9 Å². The van der Waals surface area contributed by atoms with Gasteiger partial charge in [-0.3, -0.25) is 0 Å². The fourth-order valence-electron chi connectivity index (χ4n) is 3.39. The number of nitrogens with zero attached hydrogens (tertiary/aromatic N) is 2. The normalized spacial score (nSPS) is 18.8. The highest BCUT2D eigenvalue weighted by atomic mass is 16.5. The largest absolute Gasteiger partial charge is 0.338 e. The van der Waals surface area contributed by atoms with E-state index in [1.807, 2.05) is 6.07 Å². The molecule has 21 heavy (non-hydrogen) atoms. The summed E-state index contributed by atoms with van der Waals surface area (Å²) in [5.74, 6) is 1.39. The second-order valence-corrected chi connectivity index (χ2v) is 6.01. The predicted molar refractivity (Wildman–Crippen MR) is 81.8 cm³/mol. The molecule has 3 rings (SSSR count). The summed E-state index contributed by atoms with van der Waals surface area (Å²) in [6.07, 6.45) is 6.47. The van der Waals surface area contributed by atoms with Crippen molar-refractivity contribution in [3.05, 3.63) is 47.6 Å². The first-order valence-electron chi connectivity index (χ1n) is 7.91. The van der Waals surface area contributed by atoms with Gasteiger partial charge in [-0.1, -0.05) is 61.7 Å². The quantitative estimate of drug-likeness (QED) is 0.909. The van der Waals surface area contributed by atoms with Gasteiger partial charge in [-0.05, 0) is 24.8 Å². The fourth-order valence-corrected chi connectivity index (χ4v) is 3.39. The summed E-state index contributed by atoms with van der Waals surface area (Å²) in [5.41, 5.74) is 7.31. The lowest BCUT2D eigenvalue weighted by molar-refractivity contribution is 0.336. The highest BCUT2D eigenvalue weighted by molar-refractivity contribution is 5.33. The molecule has 4 nitrogen and oxygen atoms in total. The molecular weight excluding hydrogens is 262 g/mol. The molecule has 0 radical (unpaired) electrons. The SMILES string of the molecule is CCC[C@@H](N)c1nc(C2(c3ccccc3)CCCC2)no1. The van der Waals surface area contributed by atoms with Crippen LogP contribution >= 0.6 is 0 Å². The Labute approximate surface area is 125 Å². The average molecular weight is 285 g/mol. The molecule has 4 heteroatoms. The third-order valence-corrected chi connectivity index (χ3v) is 4.57. The molecule has 0 bridgehead atoms. The zero-order valence-electron chi connectivity index (χ0n) is 12.6. The number of rotatable bonds is 5. The molecule has 1 aliphatic rings. The minimum absolute atomic E-state index is 0.0883. The molecule has 1 atom stereocenters. The standard InChI is InChI=1S/C17H23N3O/c1-2-8-14(18)15-19-16(20-21-15)17(11-6-7-12-17)13-9-4-3-5-10-13/h3-5,9-10,14H,2,6-8,11-12,18H2,1H3/t14-/m1/s1. The van der Waals surface area contributed by atoms with Crippen molar-refractivity contribution in [3.8, 4) is 0 Å². The zero-order chi connectivity index (χ0) is 14.7. The summed E-state index contributed by atoms with van der Waals surface area (Å²) in [6, 6.07) is 10.4. The minimum Gasteiger partial charge on any atom is -0.338 e. The molecule has 0 saturated heterocycles. The lowest BCUT2D eigenvalue weighted by Gasteiger charge is -2.25. The highest BCUT2D eigenvalue weighted by Crippen LogP contribution is 2.45. The summed E-state index contributed by atoms with van der Waals surface area (Å²) in [6.45, 7) is 2.11. The molecule has 1 saturated carbocycles. The second kappa shape index (κ2) is 5.98. The molecule has 1 aliphatic carbocycles. The summed E-state index contributed by atoms with van der Waals surface area (Å²) >= 11 is 0. The number of nitrogens with two attached hydrogens (primary N) is 1. The Bertz CT molecular complexity index is 573. The Balaban J connectivity index is 1.95. The van der Waals surface area contributed by atoms with E-state index in [1.54, 1.807) is 0 Å². The van der Waals surface area contributed by atoms with Crippen molar-refractivity contribution in [1.29, 1.82) is 0 Å². The summed E-state index contributed by atoms with van der Waals surface area (Å²) in [7, 11) is 0. The van der Waals surface area contributed by atoms with Crippen LogP contribution in [0.2, 0.25) is 0 Å². The van der Waals surface area contributed by atoms with Gasteiger partial charge in [0.2, 0.25) is 5.89 Å². The van der Waals surface area contributed by atoms with E-state index in [0.29, 0.717) is 5.89 Å². The number of hydrogen-bond donors (Lipinski definition) is 1. The van der Waals surface area contributed by atoms with Gasteiger partial charge in [0, 0.05) is 0 Å². The van der Waals surface area contributed by atoms with Crippen molar-refractivity contribution >= 4 is 0 Å². The molecule has 1 heterocycles. The molecule has 1 fully saturated rings. The van der Waals surface area contributed by atoms with E-state index >= 15 is 0 Å². The minimum atomic E-state index is -0.148. The lowest BCUT2D eigenvalue weighted by atomic mass is 9.78. The Kier molecular flexibility index (Phi) is 4.06. The van der Waals surface area contributed by atoms with Crippen molar-refractivity contribution in [2.24, 2.45) is 5.73 Å². The molecule has 0 spiro atoms. The van der Waals surface area contributed by atoms with Gasteiger partial charge in [-0.15, -0.1) is 0 Å². The Hall–Kier alpha value is -1.68. The van der Waals surface area contributed by atoms with Crippen molar-refractivity contribution in [2.75, 3.05) is 0 Å². The van der Waals surface area contributed by atoms with Crippen LogP contribution in [0.15, 0.2) is 34.9 Å². The van der Waals surface area contributed by atoms with Crippen LogP contribution in [-0.4, -0.2) is 10.1 Å². The maximum Gasteiger partial charge on any atom is 0.243 e. The first kappa shape index (κ1) is 14.3. The number of aromatic nitrogens is 2. The molecular formula is C17H23N3O. The van der Waals surface area contributed by atoms with Crippen LogP contribution in [0.3, 0.4) is 0 Å². The van der Waals surface area contributed by atoms with Crippen LogP contribution in [-0.2, 0) is 5.41 Å². The molecule has 0 aliphatic heterocycles. The van der Waals surface area contributed by atoms with Crippen LogP contribution in [0.25, 0.3) is 0 Å². The maximum atomic E-state index is 6.10. The van der Waals surface area contributed by atoms with Gasteiger partial charge in [-0.25, -0.2) is 0 Å². The summed E-state index contributed by atoms with van der Waals surface area (Å²) in [5, 5.41) is 4.28. The third-order valence-electron chi connectivity index (χ3n) is 4.57. The molecule has 0 unspecified atom stereocenters. The Morgan fingerprint density at radius 2 is 1.95 bits per heavy atom. The van der Waals surface area contributed by atoms with Crippen LogP contribution in [0.5, 0.6) is 0 Å². The first-order valence-corrected chi connectivity index (χ1v) is 7.91. The van der Waals surface area contributed by atoms with Gasteiger partial charge in [0.25, 0.3) is 0 Å². The number of benzene rings is 1. The van der Waals surface area contributed by atoms with Crippen molar-refractivity contribution < 1.29 is 4.52 Å². The van der Waals surface area contributed by atoms with Crippen LogP contribution in [0.4, 0.5) is 0 Å². The van der Waals surface area contributed by atoms with Crippen LogP contribution in [0, 0.1) is 0 Å². The molecule has 1 aromatic carbocycles. The van der Waals surface area contributed by atoms with Gasteiger partial charge in [0.1, 0.15) is 0 Å². The van der Waals surface area contributed by atoms with Crippen LogP contribution in [0.1, 0.15) is 68.8 Å². The molecule has 2 N–H and O–H groups in total. The first-order chi connectivity index (χ1) is 10.3. The van der Waals surface area contributed by atoms with Gasteiger partial charge in [-0.2, -0.15) is 4.98 Å². The van der Waals surface area contributed by atoms with Gasteiger partial charge in [0.05, 0.1) is 11.5 Å². The summed E-state index contributed by atoms with van der Waals surface area (Å²) in [4.78, 5) is 4.66. The van der Waals surface area contributed by atoms with Gasteiger partial charge < -0.3 is 10.3 Å². The van der Waals surface area contributed by atoms with E-state index in [4.69, 9.17) is 10.3 Å².